The SMILES string of the molecule is O=S(=O)(CC(COS(=O)(=O)c1ccccc1)COS(=O)(=O)c1ccccc1)c1ccccc1. The first-order valence-electron chi connectivity index (χ1n) is 9.77. The minimum atomic E-state index is -4.18. The molecule has 0 atom stereocenters. The highest BCUT2D eigenvalue weighted by molar-refractivity contribution is 7.91. The van der Waals surface area contributed by atoms with E-state index in [1.807, 2.05) is 0 Å². The molecular weight excluding hydrogens is 488 g/mol. The van der Waals surface area contributed by atoms with Crippen molar-refractivity contribution in [3.8, 4) is 0 Å². The Bertz CT molecular complexity index is 1280. The monoisotopic (exact) mass is 510 g/mol. The van der Waals surface area contributed by atoms with Crippen LogP contribution >= 0.6 is 0 Å². The van der Waals surface area contributed by atoms with Gasteiger partial charge in [-0.3, -0.25) is 8.37 Å². The average molecular weight is 511 g/mol. The number of benzene rings is 3. The smallest absolute Gasteiger partial charge is 0.266 e. The lowest BCUT2D eigenvalue weighted by Crippen LogP contribution is -2.28. The Morgan fingerprint density at radius 2 is 0.848 bits per heavy atom. The molecule has 0 aromatic heterocycles. The number of rotatable bonds is 11. The molecule has 0 fully saturated rings. The first kappa shape index (κ1) is 25.1. The van der Waals surface area contributed by atoms with E-state index in [2.05, 4.69) is 0 Å². The number of hydrogen-bond acceptors (Lipinski definition) is 8. The van der Waals surface area contributed by atoms with E-state index < -0.39 is 55.0 Å². The van der Waals surface area contributed by atoms with Crippen LogP contribution in [0.3, 0.4) is 0 Å². The first-order valence-corrected chi connectivity index (χ1v) is 14.2. The lowest BCUT2D eigenvalue weighted by Gasteiger charge is -2.17. The molecule has 3 rings (SSSR count). The van der Waals surface area contributed by atoms with Gasteiger partial charge in [-0.25, -0.2) is 8.42 Å². The van der Waals surface area contributed by atoms with Gasteiger partial charge in [0.05, 0.1) is 33.7 Å². The molecule has 0 N–H and O–H groups in total. The Labute approximate surface area is 194 Å². The van der Waals surface area contributed by atoms with Crippen LogP contribution in [0.4, 0.5) is 0 Å². The molecule has 0 saturated carbocycles. The quantitative estimate of drug-likeness (QED) is 0.361. The first-order chi connectivity index (χ1) is 15.6. The molecule has 0 aliphatic heterocycles. The molecular formula is C22H22O8S3. The molecule has 0 bridgehead atoms. The fraction of sp³-hybridized carbons (Fsp3) is 0.182. The summed E-state index contributed by atoms with van der Waals surface area (Å²) in [5.41, 5.74) is 0. The van der Waals surface area contributed by atoms with E-state index in [1.165, 1.54) is 60.7 Å². The normalized spacial score (nSPS) is 12.6. The van der Waals surface area contributed by atoms with E-state index in [-0.39, 0.29) is 14.7 Å². The standard InChI is InChI=1S/C22H22O8S3/c23-31(24,20-10-4-1-5-11-20)18-19(16-29-32(25,26)21-12-6-2-7-13-21)17-30-33(27,28)22-14-8-3-9-15-22/h1-15,19H,16-18H2. The largest absolute Gasteiger partial charge is 0.296 e. The van der Waals surface area contributed by atoms with Crippen LogP contribution in [0, 0.1) is 5.92 Å². The summed E-state index contributed by atoms with van der Waals surface area (Å²) in [7, 11) is -12.2. The van der Waals surface area contributed by atoms with Crippen molar-refractivity contribution in [3.63, 3.8) is 0 Å². The maximum Gasteiger partial charge on any atom is 0.296 e. The molecule has 3 aromatic rings. The molecule has 8 nitrogen and oxygen atoms in total. The third-order valence-corrected chi connectivity index (χ3v) is 9.03. The summed E-state index contributed by atoms with van der Waals surface area (Å²) in [6.45, 7) is -1.18. The van der Waals surface area contributed by atoms with Crippen LogP contribution in [-0.2, 0) is 38.4 Å². The van der Waals surface area contributed by atoms with Crippen LogP contribution in [0.25, 0.3) is 0 Å². The second-order valence-electron chi connectivity index (χ2n) is 7.06. The second-order valence-corrected chi connectivity index (χ2v) is 12.3. The molecule has 0 aliphatic rings. The van der Waals surface area contributed by atoms with Crippen molar-refractivity contribution in [3.05, 3.63) is 91.0 Å². The second kappa shape index (κ2) is 10.6. The summed E-state index contributed by atoms with van der Waals surface area (Å²) in [4.78, 5) is -0.188. The van der Waals surface area contributed by atoms with Crippen molar-refractivity contribution in [2.45, 2.75) is 14.7 Å². The maximum absolute atomic E-state index is 12.8. The summed E-state index contributed by atoms with van der Waals surface area (Å²) in [5.74, 6) is -1.67. The number of sulfone groups is 1. The van der Waals surface area contributed by atoms with E-state index in [0.29, 0.717) is 0 Å². The summed E-state index contributed by atoms with van der Waals surface area (Å²) in [5, 5.41) is 0. The molecule has 3 aromatic carbocycles. The predicted octanol–water partition coefficient (Wildman–Crippen LogP) is 2.89. The van der Waals surface area contributed by atoms with E-state index in [0.717, 1.165) is 0 Å². The summed E-state index contributed by atoms with van der Waals surface area (Å²) >= 11 is 0. The Balaban J connectivity index is 1.80. The van der Waals surface area contributed by atoms with E-state index in [9.17, 15) is 25.3 Å². The topological polar surface area (TPSA) is 121 Å². The van der Waals surface area contributed by atoms with Gasteiger partial charge in [0.25, 0.3) is 20.2 Å². The molecule has 33 heavy (non-hydrogen) atoms. The molecule has 11 heteroatoms. The van der Waals surface area contributed by atoms with Gasteiger partial charge in [-0.15, -0.1) is 0 Å². The highest BCUT2D eigenvalue weighted by atomic mass is 32.2. The van der Waals surface area contributed by atoms with E-state index in [4.69, 9.17) is 8.37 Å². The zero-order chi connectivity index (χ0) is 24.0. The molecule has 0 aliphatic carbocycles. The Hall–Kier alpha value is -2.57. The Morgan fingerprint density at radius 1 is 0.515 bits per heavy atom. The Morgan fingerprint density at radius 3 is 1.21 bits per heavy atom. The molecule has 0 radical (unpaired) electrons. The molecule has 0 spiro atoms. The van der Waals surface area contributed by atoms with Gasteiger partial charge in [-0.1, -0.05) is 54.6 Å². The molecule has 0 heterocycles. The lowest BCUT2D eigenvalue weighted by molar-refractivity contribution is 0.197. The van der Waals surface area contributed by atoms with Crippen LogP contribution in [0.5, 0.6) is 0 Å². The van der Waals surface area contributed by atoms with E-state index in [1.54, 1.807) is 30.3 Å². The minimum absolute atomic E-state index is 0.0202. The maximum atomic E-state index is 12.8. The molecule has 0 amide bonds. The van der Waals surface area contributed by atoms with Crippen LogP contribution in [0.1, 0.15) is 0 Å². The zero-order valence-corrected chi connectivity index (χ0v) is 19.8. The highest BCUT2D eigenvalue weighted by Crippen LogP contribution is 2.20. The van der Waals surface area contributed by atoms with Crippen molar-refractivity contribution in [1.82, 2.24) is 0 Å². The molecule has 176 valence electrons. The van der Waals surface area contributed by atoms with Crippen molar-refractivity contribution in [2.75, 3.05) is 19.0 Å². The van der Waals surface area contributed by atoms with Crippen molar-refractivity contribution >= 4 is 30.1 Å². The van der Waals surface area contributed by atoms with Gasteiger partial charge >= 0.3 is 0 Å². The zero-order valence-electron chi connectivity index (χ0n) is 17.3. The van der Waals surface area contributed by atoms with Gasteiger partial charge in [0, 0.05) is 5.92 Å². The highest BCUT2D eigenvalue weighted by Gasteiger charge is 2.27. The fourth-order valence-electron chi connectivity index (χ4n) is 2.86. The van der Waals surface area contributed by atoms with Crippen LogP contribution < -0.4 is 0 Å². The predicted molar refractivity (Wildman–Crippen MR) is 121 cm³/mol. The van der Waals surface area contributed by atoms with Gasteiger partial charge in [0.2, 0.25) is 0 Å². The van der Waals surface area contributed by atoms with Crippen LogP contribution in [-0.4, -0.2) is 44.2 Å². The Kier molecular flexibility index (Phi) is 8.03. The van der Waals surface area contributed by atoms with Crippen molar-refractivity contribution < 1.29 is 33.6 Å². The van der Waals surface area contributed by atoms with Gasteiger partial charge in [-0.2, -0.15) is 16.8 Å². The van der Waals surface area contributed by atoms with Crippen molar-refractivity contribution in [1.29, 1.82) is 0 Å². The van der Waals surface area contributed by atoms with E-state index >= 15 is 0 Å². The third kappa shape index (κ3) is 6.95. The van der Waals surface area contributed by atoms with Gasteiger partial charge in [-0.05, 0) is 36.4 Å². The summed E-state index contributed by atoms with van der Waals surface area (Å²) in [6, 6.07) is 22.2. The summed E-state index contributed by atoms with van der Waals surface area (Å²) < 4.78 is 85.6. The van der Waals surface area contributed by atoms with Crippen molar-refractivity contribution in [2.24, 2.45) is 5.92 Å². The average Bonchev–Trinajstić information content (AvgIpc) is 2.82. The van der Waals surface area contributed by atoms with Crippen LogP contribution in [0.2, 0.25) is 0 Å². The lowest BCUT2D eigenvalue weighted by atomic mass is 10.2. The summed E-state index contributed by atoms with van der Waals surface area (Å²) in [6.07, 6.45) is 0. The number of hydrogen-bond donors (Lipinski definition) is 0. The van der Waals surface area contributed by atoms with Gasteiger partial charge in [0.15, 0.2) is 9.84 Å². The third-order valence-electron chi connectivity index (χ3n) is 4.54. The molecule has 0 saturated heterocycles. The van der Waals surface area contributed by atoms with Gasteiger partial charge in [0.1, 0.15) is 0 Å². The molecule has 0 unspecified atom stereocenters. The fourth-order valence-corrected chi connectivity index (χ4v) is 6.43. The van der Waals surface area contributed by atoms with Crippen LogP contribution in [0.15, 0.2) is 106 Å². The minimum Gasteiger partial charge on any atom is -0.266 e. The van der Waals surface area contributed by atoms with Gasteiger partial charge < -0.3 is 0 Å².